The molecule has 294 valence electrons. The normalized spacial score (nSPS) is 14.0. The molecule has 0 spiro atoms. The van der Waals surface area contributed by atoms with Crippen molar-refractivity contribution in [2.45, 2.75) is 0 Å². The fourth-order valence-electron chi connectivity index (χ4n) is 11.2. The molecular weight excluding hydrogens is 780 g/mol. The quantitative estimate of drug-likeness (QED) is 0.162. The molecule has 0 bridgehead atoms. The van der Waals surface area contributed by atoms with Crippen LogP contribution >= 0.6 is 0 Å². The molecule has 6 heteroatoms. The first-order chi connectivity index (χ1) is 31.3. The molecule has 4 heterocycles. The molecule has 4 nitrogen and oxygen atoms in total. The Morgan fingerprint density at radius 2 is 0.889 bits per heavy atom. The molecule has 0 saturated heterocycles. The molecule has 0 atom stereocenters. The SMILES string of the molecule is c1ccc(N2c3ccccc3N(c3cccc4ccccc34)c3cc4c5c(c32)N(c2ccncc2)c2ccccc2B5c2ccccc2[Si]4(c2ccccc2)c2ccccc2)cc1. The van der Waals surface area contributed by atoms with Gasteiger partial charge < -0.3 is 14.7 Å². The van der Waals surface area contributed by atoms with Crippen molar-refractivity contribution in [1.82, 2.24) is 4.98 Å². The molecule has 10 aromatic rings. The molecule has 1 aromatic heterocycles. The van der Waals surface area contributed by atoms with Gasteiger partial charge >= 0.3 is 0 Å². The zero-order valence-corrected chi connectivity index (χ0v) is 35.4. The van der Waals surface area contributed by atoms with Gasteiger partial charge in [-0.25, -0.2) is 0 Å². The predicted octanol–water partition coefficient (Wildman–Crippen LogP) is 9.48. The molecule has 0 saturated carbocycles. The van der Waals surface area contributed by atoms with Crippen LogP contribution in [-0.4, -0.2) is 19.8 Å². The number of para-hydroxylation sites is 4. The third kappa shape index (κ3) is 5.07. The van der Waals surface area contributed by atoms with E-state index >= 15 is 0 Å². The number of rotatable bonds is 5. The first-order valence-electron chi connectivity index (χ1n) is 21.8. The number of pyridine rings is 1. The third-order valence-corrected chi connectivity index (χ3v) is 18.4. The van der Waals surface area contributed by atoms with E-state index in [2.05, 4.69) is 244 Å². The maximum absolute atomic E-state index is 4.57. The fraction of sp³-hybridized carbons (Fsp3) is 0. The van der Waals surface area contributed by atoms with Crippen LogP contribution in [0, 0.1) is 0 Å². The van der Waals surface area contributed by atoms with Gasteiger partial charge in [0.25, 0.3) is 0 Å². The lowest BCUT2D eigenvalue weighted by Crippen LogP contribution is -2.87. The summed E-state index contributed by atoms with van der Waals surface area (Å²) in [5.74, 6) is 0. The highest BCUT2D eigenvalue weighted by Gasteiger charge is 2.55. The van der Waals surface area contributed by atoms with E-state index in [0.717, 1.165) is 39.8 Å². The van der Waals surface area contributed by atoms with Crippen molar-refractivity contribution in [2.75, 3.05) is 14.7 Å². The van der Waals surface area contributed by atoms with Crippen molar-refractivity contribution in [1.29, 1.82) is 0 Å². The van der Waals surface area contributed by atoms with Gasteiger partial charge in [-0.2, -0.15) is 0 Å². The van der Waals surface area contributed by atoms with Gasteiger partial charge in [0, 0.05) is 34.8 Å². The minimum Gasteiger partial charge on any atom is -0.309 e. The summed E-state index contributed by atoms with van der Waals surface area (Å²) >= 11 is 0. The Morgan fingerprint density at radius 3 is 1.62 bits per heavy atom. The van der Waals surface area contributed by atoms with Gasteiger partial charge in [0.2, 0.25) is 6.71 Å². The second-order valence-electron chi connectivity index (χ2n) is 16.6. The lowest BCUT2D eigenvalue weighted by Gasteiger charge is -2.51. The number of fused-ring (bicyclic) bond motifs is 8. The van der Waals surface area contributed by atoms with Crippen molar-refractivity contribution in [3.8, 4) is 0 Å². The Morgan fingerprint density at radius 1 is 0.365 bits per heavy atom. The molecule has 13 rings (SSSR count). The molecule has 0 radical (unpaired) electrons. The van der Waals surface area contributed by atoms with Gasteiger partial charge in [-0.05, 0) is 91.7 Å². The monoisotopic (exact) mass is 818 g/mol. The van der Waals surface area contributed by atoms with E-state index in [1.54, 1.807) is 0 Å². The van der Waals surface area contributed by atoms with Gasteiger partial charge in [0.15, 0.2) is 8.07 Å². The van der Waals surface area contributed by atoms with Crippen molar-refractivity contribution in [2.24, 2.45) is 0 Å². The fourth-order valence-corrected chi connectivity index (χ4v) is 16.5. The molecule has 0 unspecified atom stereocenters. The lowest BCUT2D eigenvalue weighted by atomic mass is 9.34. The Bertz CT molecular complexity index is 3340. The standard InChI is InChI=1S/C57H39BN4Si/c1-4-21-41(22-5-1)61-50-31-15-16-32-51(50)62(48-33-18-20-40-19-10-11-27-45(40)48)52-39-54-55-57(56(52)61)60(42-35-37-59-38-36-42)49-30-14-12-28-46(49)58(55)47-29-13-17-34-53(47)63(54,43-23-6-2-7-24-43)44-25-8-3-9-26-44/h1-39H. The highest BCUT2D eigenvalue weighted by Crippen LogP contribution is 2.59. The molecule has 9 aromatic carbocycles. The third-order valence-electron chi connectivity index (χ3n) is 13.6. The summed E-state index contributed by atoms with van der Waals surface area (Å²) in [4.78, 5) is 12.2. The molecule has 0 N–H and O–H groups in total. The topological polar surface area (TPSA) is 22.6 Å². The number of aromatic nitrogens is 1. The van der Waals surface area contributed by atoms with Crippen LogP contribution in [0.5, 0.6) is 0 Å². The van der Waals surface area contributed by atoms with Crippen LogP contribution in [0.15, 0.2) is 237 Å². The second kappa shape index (κ2) is 14.1. The maximum Gasteiger partial charge on any atom is 0.246 e. The minimum atomic E-state index is -3.10. The lowest BCUT2D eigenvalue weighted by molar-refractivity contribution is 1.16. The van der Waals surface area contributed by atoms with E-state index in [4.69, 9.17) is 0 Å². The molecule has 0 fully saturated rings. The van der Waals surface area contributed by atoms with Crippen LogP contribution in [-0.2, 0) is 0 Å². The van der Waals surface area contributed by atoms with Crippen LogP contribution in [0.3, 0.4) is 0 Å². The maximum atomic E-state index is 4.57. The summed E-state index contributed by atoms with van der Waals surface area (Å²) in [6.45, 7) is -0.0281. The Kier molecular flexibility index (Phi) is 7.99. The van der Waals surface area contributed by atoms with Crippen molar-refractivity contribution >= 4 is 114 Å². The van der Waals surface area contributed by atoms with Gasteiger partial charge in [-0.1, -0.05) is 175 Å². The summed E-state index contributed by atoms with van der Waals surface area (Å²) in [5.41, 5.74) is 14.3. The first-order valence-corrected chi connectivity index (χ1v) is 23.8. The number of nitrogens with zero attached hydrogens (tertiary/aromatic N) is 4. The summed E-state index contributed by atoms with van der Waals surface area (Å²) in [6, 6.07) is 83.8. The molecule has 3 aliphatic heterocycles. The largest absolute Gasteiger partial charge is 0.309 e. The summed E-state index contributed by atoms with van der Waals surface area (Å²) < 4.78 is 0. The zero-order valence-electron chi connectivity index (χ0n) is 34.4. The zero-order chi connectivity index (χ0) is 41.5. The molecule has 63 heavy (non-hydrogen) atoms. The van der Waals surface area contributed by atoms with E-state index in [0.29, 0.717) is 0 Å². The average Bonchev–Trinajstić information content (AvgIpc) is 3.36. The predicted molar refractivity (Wildman–Crippen MR) is 268 cm³/mol. The van der Waals surface area contributed by atoms with E-state index in [9.17, 15) is 0 Å². The number of hydrogen-bond acceptors (Lipinski definition) is 4. The van der Waals surface area contributed by atoms with Gasteiger partial charge in [0.1, 0.15) is 0 Å². The summed E-state index contributed by atoms with van der Waals surface area (Å²) in [7, 11) is -3.10. The molecular formula is C57H39BN4Si. The average molecular weight is 819 g/mol. The van der Waals surface area contributed by atoms with E-state index in [1.165, 1.54) is 59.3 Å². The molecule has 3 aliphatic rings. The Balaban J connectivity index is 1.30. The smallest absolute Gasteiger partial charge is 0.246 e. The molecule has 0 aliphatic carbocycles. The van der Waals surface area contributed by atoms with Gasteiger partial charge in [-0.15, -0.1) is 0 Å². The Hall–Kier alpha value is -7.93. The minimum absolute atomic E-state index is 0.0281. The van der Waals surface area contributed by atoms with Gasteiger partial charge in [-0.3, -0.25) is 4.98 Å². The van der Waals surface area contributed by atoms with Crippen molar-refractivity contribution < 1.29 is 0 Å². The molecule has 0 amide bonds. The first kappa shape index (κ1) is 35.8. The summed E-state index contributed by atoms with van der Waals surface area (Å²) in [5, 5.41) is 7.99. The van der Waals surface area contributed by atoms with E-state index < -0.39 is 8.07 Å². The van der Waals surface area contributed by atoms with Crippen LogP contribution in [0.25, 0.3) is 10.8 Å². The Labute approximate surface area is 368 Å². The van der Waals surface area contributed by atoms with E-state index in [1.807, 2.05) is 12.4 Å². The van der Waals surface area contributed by atoms with Crippen LogP contribution in [0.4, 0.5) is 51.2 Å². The van der Waals surface area contributed by atoms with Crippen LogP contribution < -0.4 is 51.8 Å². The van der Waals surface area contributed by atoms with Crippen LogP contribution in [0.2, 0.25) is 0 Å². The van der Waals surface area contributed by atoms with Crippen molar-refractivity contribution in [3.05, 3.63) is 237 Å². The number of hydrogen-bond donors (Lipinski definition) is 0. The van der Waals surface area contributed by atoms with Crippen molar-refractivity contribution in [3.63, 3.8) is 0 Å². The van der Waals surface area contributed by atoms with Crippen LogP contribution in [0.1, 0.15) is 0 Å². The summed E-state index contributed by atoms with van der Waals surface area (Å²) in [6.07, 6.45) is 3.86. The van der Waals surface area contributed by atoms with E-state index in [-0.39, 0.29) is 6.71 Å². The highest BCUT2D eigenvalue weighted by atomic mass is 28.3. The van der Waals surface area contributed by atoms with Gasteiger partial charge in [0.05, 0.1) is 34.1 Å². The number of anilines is 9. The number of benzene rings is 9. The highest BCUT2D eigenvalue weighted by molar-refractivity contribution is 7.26. The second-order valence-corrected chi connectivity index (χ2v) is 20.4.